The molecular weight excluding hydrogens is 316 g/mol. The van der Waals surface area contributed by atoms with E-state index < -0.39 is 0 Å². The highest BCUT2D eigenvalue weighted by atomic mass is 35.5. The van der Waals surface area contributed by atoms with Crippen LogP contribution >= 0.6 is 11.6 Å². The number of nitrogens with zero attached hydrogens (tertiary/aromatic N) is 1. The molecule has 0 fully saturated rings. The SMILES string of the molecule is CCOc1cc(/C=N/NC(=O)c2cccc(Cl)c2)ccc1OC. The zero-order valence-corrected chi connectivity index (χ0v) is 13.6. The van der Waals surface area contributed by atoms with Gasteiger partial charge in [-0.1, -0.05) is 17.7 Å². The normalized spacial score (nSPS) is 10.6. The highest BCUT2D eigenvalue weighted by molar-refractivity contribution is 6.30. The van der Waals surface area contributed by atoms with Gasteiger partial charge in [0, 0.05) is 10.6 Å². The van der Waals surface area contributed by atoms with Crippen LogP contribution in [0, 0.1) is 0 Å². The molecule has 2 aromatic rings. The van der Waals surface area contributed by atoms with Gasteiger partial charge in [0.15, 0.2) is 11.5 Å². The predicted molar refractivity (Wildman–Crippen MR) is 90.7 cm³/mol. The summed E-state index contributed by atoms with van der Waals surface area (Å²) in [6.07, 6.45) is 1.53. The molecule has 0 bridgehead atoms. The molecule has 0 radical (unpaired) electrons. The van der Waals surface area contributed by atoms with Crippen LogP contribution in [-0.4, -0.2) is 25.8 Å². The third kappa shape index (κ3) is 4.72. The lowest BCUT2D eigenvalue weighted by Gasteiger charge is -2.09. The minimum Gasteiger partial charge on any atom is -0.493 e. The van der Waals surface area contributed by atoms with E-state index in [4.69, 9.17) is 21.1 Å². The molecule has 120 valence electrons. The summed E-state index contributed by atoms with van der Waals surface area (Å²) in [4.78, 5) is 11.9. The topological polar surface area (TPSA) is 59.9 Å². The van der Waals surface area contributed by atoms with Crippen LogP contribution in [0.5, 0.6) is 11.5 Å². The summed E-state index contributed by atoms with van der Waals surface area (Å²) in [6, 6.07) is 12.0. The third-order valence-electron chi connectivity index (χ3n) is 2.95. The Bertz CT molecular complexity index is 717. The van der Waals surface area contributed by atoms with Gasteiger partial charge in [0.1, 0.15) is 0 Å². The number of methoxy groups -OCH3 is 1. The molecule has 1 amide bonds. The Kier molecular flexibility index (Phi) is 6.00. The number of hydrogen-bond donors (Lipinski definition) is 1. The van der Waals surface area contributed by atoms with Gasteiger partial charge in [-0.05, 0) is 48.9 Å². The lowest BCUT2D eigenvalue weighted by Crippen LogP contribution is -2.17. The Balaban J connectivity index is 2.05. The molecule has 0 spiro atoms. The largest absolute Gasteiger partial charge is 0.493 e. The number of halogens is 1. The molecular formula is C17H17ClN2O3. The van der Waals surface area contributed by atoms with Crippen LogP contribution < -0.4 is 14.9 Å². The second-order valence-electron chi connectivity index (χ2n) is 4.55. The van der Waals surface area contributed by atoms with Crippen molar-refractivity contribution in [1.29, 1.82) is 0 Å². The van der Waals surface area contributed by atoms with Gasteiger partial charge in [0.2, 0.25) is 0 Å². The van der Waals surface area contributed by atoms with E-state index in [2.05, 4.69) is 10.5 Å². The molecule has 0 aliphatic rings. The highest BCUT2D eigenvalue weighted by Crippen LogP contribution is 2.27. The molecule has 2 aromatic carbocycles. The molecule has 0 heterocycles. The first-order chi connectivity index (χ1) is 11.1. The Morgan fingerprint density at radius 1 is 1.26 bits per heavy atom. The van der Waals surface area contributed by atoms with Crippen molar-refractivity contribution in [2.45, 2.75) is 6.92 Å². The van der Waals surface area contributed by atoms with Crippen LogP contribution in [0.4, 0.5) is 0 Å². The quantitative estimate of drug-likeness (QED) is 0.650. The fourth-order valence-corrected chi connectivity index (χ4v) is 2.09. The van der Waals surface area contributed by atoms with Crippen molar-refractivity contribution in [3.63, 3.8) is 0 Å². The monoisotopic (exact) mass is 332 g/mol. The van der Waals surface area contributed by atoms with Crippen molar-refractivity contribution < 1.29 is 14.3 Å². The third-order valence-corrected chi connectivity index (χ3v) is 3.19. The summed E-state index contributed by atoms with van der Waals surface area (Å²) in [5, 5.41) is 4.44. The molecule has 0 saturated carbocycles. The van der Waals surface area contributed by atoms with E-state index in [0.29, 0.717) is 28.7 Å². The average molecular weight is 333 g/mol. The van der Waals surface area contributed by atoms with Crippen molar-refractivity contribution in [2.24, 2.45) is 5.10 Å². The Morgan fingerprint density at radius 2 is 2.09 bits per heavy atom. The molecule has 0 atom stereocenters. The molecule has 6 heteroatoms. The highest BCUT2D eigenvalue weighted by Gasteiger charge is 2.05. The fourth-order valence-electron chi connectivity index (χ4n) is 1.90. The number of hydrazone groups is 1. The molecule has 1 N–H and O–H groups in total. The summed E-state index contributed by atoms with van der Waals surface area (Å²) >= 11 is 5.85. The maximum Gasteiger partial charge on any atom is 0.271 e. The summed E-state index contributed by atoms with van der Waals surface area (Å²) in [7, 11) is 1.58. The minimum absolute atomic E-state index is 0.331. The number of amides is 1. The van der Waals surface area contributed by atoms with E-state index >= 15 is 0 Å². The number of benzene rings is 2. The van der Waals surface area contributed by atoms with E-state index in [1.165, 1.54) is 6.21 Å². The second kappa shape index (κ2) is 8.19. The van der Waals surface area contributed by atoms with Crippen LogP contribution in [0.3, 0.4) is 0 Å². The van der Waals surface area contributed by atoms with Crippen molar-refractivity contribution in [2.75, 3.05) is 13.7 Å². The van der Waals surface area contributed by atoms with Gasteiger partial charge in [-0.2, -0.15) is 5.10 Å². The number of carbonyl (C=O) groups is 1. The Hall–Kier alpha value is -2.53. The van der Waals surface area contributed by atoms with Gasteiger partial charge in [0.25, 0.3) is 5.91 Å². The van der Waals surface area contributed by atoms with Gasteiger partial charge in [-0.15, -0.1) is 0 Å². The first kappa shape index (κ1) is 16.8. The number of nitrogens with one attached hydrogen (secondary N) is 1. The van der Waals surface area contributed by atoms with Gasteiger partial charge in [-0.25, -0.2) is 5.43 Å². The number of hydrogen-bond acceptors (Lipinski definition) is 4. The van der Waals surface area contributed by atoms with Gasteiger partial charge >= 0.3 is 0 Å². The minimum atomic E-state index is -0.331. The van der Waals surface area contributed by atoms with Crippen LogP contribution in [-0.2, 0) is 0 Å². The first-order valence-corrected chi connectivity index (χ1v) is 7.41. The maximum atomic E-state index is 11.9. The Labute approximate surface area is 139 Å². The van der Waals surface area contributed by atoms with Crippen molar-refractivity contribution in [3.8, 4) is 11.5 Å². The van der Waals surface area contributed by atoms with Crippen LogP contribution in [0.25, 0.3) is 0 Å². The number of rotatable bonds is 6. The summed E-state index contributed by atoms with van der Waals surface area (Å²) in [6.45, 7) is 2.42. The Morgan fingerprint density at radius 3 is 2.78 bits per heavy atom. The summed E-state index contributed by atoms with van der Waals surface area (Å²) in [5.41, 5.74) is 3.68. The van der Waals surface area contributed by atoms with E-state index in [1.807, 2.05) is 13.0 Å². The van der Waals surface area contributed by atoms with E-state index in [-0.39, 0.29) is 5.91 Å². The zero-order valence-electron chi connectivity index (χ0n) is 12.9. The molecule has 0 unspecified atom stereocenters. The zero-order chi connectivity index (χ0) is 16.7. The van der Waals surface area contributed by atoms with Gasteiger partial charge < -0.3 is 9.47 Å². The predicted octanol–water partition coefficient (Wildman–Crippen LogP) is 3.51. The first-order valence-electron chi connectivity index (χ1n) is 7.04. The molecule has 5 nitrogen and oxygen atoms in total. The van der Waals surface area contributed by atoms with Crippen LogP contribution in [0.15, 0.2) is 47.6 Å². The maximum absolute atomic E-state index is 11.9. The molecule has 0 aromatic heterocycles. The number of ether oxygens (including phenoxy) is 2. The van der Waals surface area contributed by atoms with Crippen molar-refractivity contribution in [3.05, 3.63) is 58.6 Å². The van der Waals surface area contributed by atoms with E-state index in [9.17, 15) is 4.79 Å². The van der Waals surface area contributed by atoms with E-state index in [1.54, 1.807) is 43.5 Å². The molecule has 2 rings (SSSR count). The molecule has 0 aliphatic heterocycles. The lowest BCUT2D eigenvalue weighted by atomic mass is 10.2. The molecule has 0 aliphatic carbocycles. The van der Waals surface area contributed by atoms with Crippen LogP contribution in [0.1, 0.15) is 22.8 Å². The second-order valence-corrected chi connectivity index (χ2v) is 4.99. The average Bonchev–Trinajstić information content (AvgIpc) is 2.55. The van der Waals surface area contributed by atoms with Crippen LogP contribution in [0.2, 0.25) is 5.02 Å². The standard InChI is InChI=1S/C17H17ClN2O3/c1-3-23-16-9-12(7-8-15(16)22-2)11-19-20-17(21)13-5-4-6-14(18)10-13/h4-11H,3H2,1-2H3,(H,20,21)/b19-11+. The molecule has 23 heavy (non-hydrogen) atoms. The van der Waals surface area contributed by atoms with Crippen molar-refractivity contribution in [1.82, 2.24) is 5.43 Å². The smallest absolute Gasteiger partial charge is 0.271 e. The number of carbonyl (C=O) groups excluding carboxylic acids is 1. The van der Waals surface area contributed by atoms with E-state index in [0.717, 1.165) is 5.56 Å². The van der Waals surface area contributed by atoms with Gasteiger partial charge in [0.05, 0.1) is 19.9 Å². The molecule has 0 saturated heterocycles. The van der Waals surface area contributed by atoms with Gasteiger partial charge in [-0.3, -0.25) is 4.79 Å². The fraction of sp³-hybridized carbons (Fsp3) is 0.176. The van der Waals surface area contributed by atoms with Crippen molar-refractivity contribution >= 4 is 23.7 Å². The summed E-state index contributed by atoms with van der Waals surface area (Å²) in [5.74, 6) is 0.939. The lowest BCUT2D eigenvalue weighted by molar-refractivity contribution is 0.0955. The summed E-state index contributed by atoms with van der Waals surface area (Å²) < 4.78 is 10.7.